The molecule has 2 saturated carbocycles. The predicted octanol–water partition coefficient (Wildman–Crippen LogP) is 7.88. The minimum atomic E-state index is -0.0747. The van der Waals surface area contributed by atoms with Crippen molar-refractivity contribution in [2.75, 3.05) is 6.61 Å². The zero-order valence-electron chi connectivity index (χ0n) is 20.8. The minimum absolute atomic E-state index is 0.0622. The van der Waals surface area contributed by atoms with Crippen molar-refractivity contribution in [1.82, 2.24) is 0 Å². The van der Waals surface area contributed by atoms with Crippen LogP contribution >= 0.6 is 0 Å². The topological polar surface area (TPSA) is 18.5 Å². The summed E-state index contributed by atoms with van der Waals surface area (Å²) in [5, 5.41) is 2.72. The van der Waals surface area contributed by atoms with Crippen LogP contribution in [0, 0.1) is 11.3 Å². The van der Waals surface area contributed by atoms with Crippen molar-refractivity contribution in [1.29, 1.82) is 0 Å². The molecule has 2 aliphatic heterocycles. The Labute approximate surface area is 204 Å². The molecule has 7 rings (SSSR count). The third-order valence-electron chi connectivity index (χ3n) is 10.4. The summed E-state index contributed by atoms with van der Waals surface area (Å²) in [5.74, 6) is 1.21. The molecule has 0 radical (unpaired) electrons. The number of ether oxygens (including phenoxy) is 2. The second-order valence-corrected chi connectivity index (χ2v) is 12.0. The van der Waals surface area contributed by atoms with E-state index in [4.69, 9.17) is 9.47 Å². The lowest BCUT2D eigenvalue weighted by molar-refractivity contribution is -0.149. The molecule has 5 aliphatic rings. The second kappa shape index (κ2) is 7.55. The van der Waals surface area contributed by atoms with Crippen molar-refractivity contribution < 1.29 is 9.47 Å². The molecule has 3 fully saturated rings. The van der Waals surface area contributed by atoms with Gasteiger partial charge in [0.1, 0.15) is 0 Å². The van der Waals surface area contributed by atoms with E-state index in [2.05, 4.69) is 68.5 Å². The minimum Gasteiger partial charge on any atom is -0.378 e. The molecular weight excluding hydrogens is 416 g/mol. The molecule has 2 nitrogen and oxygen atoms in total. The maximum absolute atomic E-state index is 7.41. The second-order valence-electron chi connectivity index (χ2n) is 12.0. The van der Waals surface area contributed by atoms with Gasteiger partial charge in [-0.2, -0.15) is 0 Å². The van der Waals surface area contributed by atoms with Crippen LogP contribution in [0.4, 0.5) is 0 Å². The Bertz CT molecular complexity index is 1190. The molecule has 3 aliphatic carbocycles. The molecule has 2 aromatic carbocycles. The zero-order chi connectivity index (χ0) is 23.0. The standard InChI is InChI=1S/C32H38O2/c1-3-18-33-27-11-10-25-20-26-14-15-30(2)28(24-9-8-22-6-4-5-7-23(22)19-24)12-13-29(30)32(26)17-16-31(25,21-27)34-32/h4-9,14,19-20,27-29H,3,10-13,15-18,21H2,1-2H3/t27-,28-,29-,30-,31-,32?/m1/s1. The first-order chi connectivity index (χ1) is 16.6. The lowest BCUT2D eigenvalue weighted by Crippen LogP contribution is -2.54. The van der Waals surface area contributed by atoms with Crippen LogP contribution in [0.3, 0.4) is 0 Å². The fourth-order valence-corrected chi connectivity index (χ4v) is 8.76. The van der Waals surface area contributed by atoms with Crippen molar-refractivity contribution in [3.8, 4) is 0 Å². The first kappa shape index (κ1) is 21.4. The fourth-order valence-electron chi connectivity index (χ4n) is 8.76. The fraction of sp³-hybridized carbons (Fsp3) is 0.562. The van der Waals surface area contributed by atoms with Crippen LogP contribution < -0.4 is 0 Å². The van der Waals surface area contributed by atoms with Gasteiger partial charge < -0.3 is 9.47 Å². The number of allylic oxidation sites excluding steroid dienone is 1. The van der Waals surface area contributed by atoms with Gasteiger partial charge in [-0.05, 0) is 96.1 Å². The van der Waals surface area contributed by atoms with Gasteiger partial charge in [0, 0.05) is 13.0 Å². The third-order valence-corrected chi connectivity index (χ3v) is 10.4. The molecule has 1 unspecified atom stereocenters. The van der Waals surface area contributed by atoms with Crippen LogP contribution in [0.25, 0.3) is 10.8 Å². The maximum Gasteiger partial charge on any atom is 0.0974 e. The predicted molar refractivity (Wildman–Crippen MR) is 138 cm³/mol. The van der Waals surface area contributed by atoms with Crippen LogP contribution in [0.2, 0.25) is 0 Å². The number of hydrogen-bond acceptors (Lipinski definition) is 2. The van der Waals surface area contributed by atoms with E-state index in [-0.39, 0.29) is 16.6 Å². The van der Waals surface area contributed by atoms with E-state index in [1.54, 1.807) is 5.57 Å². The summed E-state index contributed by atoms with van der Waals surface area (Å²) in [6, 6.07) is 16.0. The van der Waals surface area contributed by atoms with Gasteiger partial charge in [0.25, 0.3) is 0 Å². The SMILES string of the molecule is CCCO[C@@H]1CCC2=CC3=CC[C@]4(C)[C@@H](c5ccc6ccccc6c5)CC[C@H]4C34CC[C@]2(C1)O4. The molecule has 2 bridgehead atoms. The smallest absolute Gasteiger partial charge is 0.0974 e. The van der Waals surface area contributed by atoms with Crippen LogP contribution in [-0.4, -0.2) is 23.9 Å². The van der Waals surface area contributed by atoms with Crippen LogP contribution in [-0.2, 0) is 9.47 Å². The Hall–Kier alpha value is -1.90. The quantitative estimate of drug-likeness (QED) is 0.468. The first-order valence-corrected chi connectivity index (χ1v) is 13.8. The molecule has 2 heterocycles. The van der Waals surface area contributed by atoms with E-state index in [0.717, 1.165) is 32.3 Å². The van der Waals surface area contributed by atoms with E-state index >= 15 is 0 Å². The monoisotopic (exact) mass is 454 g/mol. The summed E-state index contributed by atoms with van der Waals surface area (Å²) in [7, 11) is 0. The van der Waals surface area contributed by atoms with Crippen LogP contribution in [0.1, 0.15) is 83.1 Å². The largest absolute Gasteiger partial charge is 0.378 e. The van der Waals surface area contributed by atoms with Gasteiger partial charge in [-0.1, -0.05) is 68.5 Å². The van der Waals surface area contributed by atoms with Gasteiger partial charge in [-0.15, -0.1) is 0 Å². The highest BCUT2D eigenvalue weighted by atomic mass is 16.5. The average Bonchev–Trinajstić information content (AvgIpc) is 3.37. The molecule has 1 saturated heterocycles. The highest BCUT2D eigenvalue weighted by Gasteiger charge is 2.66. The summed E-state index contributed by atoms with van der Waals surface area (Å²) in [5.41, 5.74) is 4.74. The summed E-state index contributed by atoms with van der Waals surface area (Å²) >= 11 is 0. The Balaban J connectivity index is 1.24. The molecule has 2 spiro atoms. The van der Waals surface area contributed by atoms with Gasteiger partial charge in [-0.3, -0.25) is 0 Å². The molecule has 2 heteroatoms. The highest BCUT2D eigenvalue weighted by molar-refractivity contribution is 5.83. The number of fused-ring (bicyclic) bond motifs is 2. The Kier molecular flexibility index (Phi) is 4.75. The maximum atomic E-state index is 7.41. The van der Waals surface area contributed by atoms with E-state index in [1.165, 1.54) is 54.0 Å². The summed E-state index contributed by atoms with van der Waals surface area (Å²) < 4.78 is 13.7. The van der Waals surface area contributed by atoms with E-state index in [9.17, 15) is 0 Å². The molecule has 34 heavy (non-hydrogen) atoms. The Morgan fingerprint density at radius 2 is 1.91 bits per heavy atom. The zero-order valence-corrected chi connectivity index (χ0v) is 20.8. The van der Waals surface area contributed by atoms with Crippen molar-refractivity contribution in [2.24, 2.45) is 11.3 Å². The summed E-state index contributed by atoms with van der Waals surface area (Å²) in [6.45, 7) is 5.67. The van der Waals surface area contributed by atoms with Crippen molar-refractivity contribution in [3.05, 3.63) is 71.3 Å². The summed E-state index contributed by atoms with van der Waals surface area (Å²) in [4.78, 5) is 0. The Morgan fingerprint density at radius 3 is 2.79 bits per heavy atom. The Morgan fingerprint density at radius 1 is 1.03 bits per heavy atom. The lowest BCUT2D eigenvalue weighted by Gasteiger charge is -2.54. The van der Waals surface area contributed by atoms with Gasteiger partial charge in [0.15, 0.2) is 0 Å². The van der Waals surface area contributed by atoms with Crippen molar-refractivity contribution in [3.63, 3.8) is 0 Å². The summed E-state index contributed by atoms with van der Waals surface area (Å²) in [6.07, 6.45) is 16.1. The van der Waals surface area contributed by atoms with E-state index in [1.807, 2.05) is 0 Å². The van der Waals surface area contributed by atoms with Gasteiger partial charge >= 0.3 is 0 Å². The number of benzene rings is 2. The highest BCUT2D eigenvalue weighted by Crippen LogP contribution is 2.69. The molecule has 6 atom stereocenters. The number of hydrogen-bond donors (Lipinski definition) is 0. The van der Waals surface area contributed by atoms with E-state index in [0.29, 0.717) is 17.9 Å². The molecular formula is C32H38O2. The van der Waals surface area contributed by atoms with Crippen molar-refractivity contribution >= 4 is 10.8 Å². The van der Waals surface area contributed by atoms with Crippen LogP contribution in [0.15, 0.2) is 65.8 Å². The molecule has 0 amide bonds. The lowest BCUT2D eigenvalue weighted by atomic mass is 9.58. The average molecular weight is 455 g/mol. The van der Waals surface area contributed by atoms with E-state index < -0.39 is 0 Å². The third kappa shape index (κ3) is 2.88. The van der Waals surface area contributed by atoms with Crippen molar-refractivity contribution in [2.45, 2.75) is 94.9 Å². The normalized spacial score (nSPS) is 40.4. The molecule has 2 aromatic rings. The van der Waals surface area contributed by atoms with Gasteiger partial charge in [0.05, 0.1) is 17.3 Å². The molecule has 178 valence electrons. The van der Waals surface area contributed by atoms with Gasteiger partial charge in [-0.25, -0.2) is 0 Å². The van der Waals surface area contributed by atoms with Gasteiger partial charge in [0.2, 0.25) is 0 Å². The van der Waals surface area contributed by atoms with Crippen LogP contribution in [0.5, 0.6) is 0 Å². The first-order valence-electron chi connectivity index (χ1n) is 13.8. The molecule has 0 N–H and O–H groups in total. The molecule has 0 aromatic heterocycles. The number of rotatable bonds is 4.